The van der Waals surface area contributed by atoms with Crippen LogP contribution in [0, 0.1) is 0 Å². The molecule has 1 saturated carbocycles. The van der Waals surface area contributed by atoms with Gasteiger partial charge in [0.2, 0.25) is 7.51 Å². The Labute approximate surface area is 92.8 Å². The summed E-state index contributed by atoms with van der Waals surface area (Å²) >= 11 is 0. The SMILES string of the molecule is COP1(OC2CCCCC2)=NCCCC1. The minimum absolute atomic E-state index is 0.425. The van der Waals surface area contributed by atoms with E-state index >= 15 is 0 Å². The van der Waals surface area contributed by atoms with Crippen LogP contribution in [0.3, 0.4) is 0 Å². The van der Waals surface area contributed by atoms with Crippen molar-refractivity contribution >= 4 is 7.51 Å². The quantitative estimate of drug-likeness (QED) is 0.691. The third-order valence-electron chi connectivity index (χ3n) is 3.32. The minimum atomic E-state index is -1.81. The monoisotopic (exact) mass is 231 g/mol. The van der Waals surface area contributed by atoms with E-state index in [0.717, 1.165) is 12.7 Å². The minimum Gasteiger partial charge on any atom is -0.327 e. The molecule has 2 aliphatic rings. The molecule has 0 radical (unpaired) electrons. The zero-order chi connectivity index (χ0) is 10.6. The Hall–Kier alpha value is 0.150. The van der Waals surface area contributed by atoms with Gasteiger partial charge in [-0.1, -0.05) is 19.3 Å². The van der Waals surface area contributed by atoms with Crippen molar-refractivity contribution in [3.8, 4) is 0 Å². The van der Waals surface area contributed by atoms with Crippen LogP contribution in [0.5, 0.6) is 0 Å². The van der Waals surface area contributed by atoms with Crippen LogP contribution >= 0.6 is 7.51 Å². The molecule has 1 aliphatic carbocycles. The fourth-order valence-electron chi connectivity index (χ4n) is 2.40. The standard InChI is InChI=1S/C11H22NO2P/c1-13-15(10-6-5-9-12-15)14-11-7-3-2-4-8-11/h11H,2-10H2,1H3. The third-order valence-corrected chi connectivity index (χ3v) is 6.03. The second kappa shape index (κ2) is 5.47. The van der Waals surface area contributed by atoms with Crippen molar-refractivity contribution in [1.82, 2.24) is 0 Å². The lowest BCUT2D eigenvalue weighted by Crippen LogP contribution is -2.18. The van der Waals surface area contributed by atoms with Gasteiger partial charge in [0.05, 0.1) is 6.10 Å². The van der Waals surface area contributed by atoms with E-state index in [1.165, 1.54) is 44.9 Å². The molecule has 1 atom stereocenters. The normalized spacial score (nSPS) is 33.7. The molecular weight excluding hydrogens is 209 g/mol. The topological polar surface area (TPSA) is 30.8 Å². The van der Waals surface area contributed by atoms with Gasteiger partial charge in [0, 0.05) is 19.8 Å². The molecule has 0 aromatic rings. The summed E-state index contributed by atoms with van der Waals surface area (Å²) in [5.41, 5.74) is 0. The summed E-state index contributed by atoms with van der Waals surface area (Å²) in [7, 11) is -0.0454. The van der Waals surface area contributed by atoms with Crippen molar-refractivity contribution in [3.05, 3.63) is 0 Å². The zero-order valence-corrected chi connectivity index (χ0v) is 10.5. The maximum Gasteiger partial charge on any atom is 0.212 e. The highest BCUT2D eigenvalue weighted by atomic mass is 31.2. The fraction of sp³-hybridized carbons (Fsp3) is 1.00. The van der Waals surface area contributed by atoms with Crippen LogP contribution in [0.15, 0.2) is 4.74 Å². The molecule has 0 aromatic heterocycles. The Kier molecular flexibility index (Phi) is 4.24. The Morgan fingerprint density at radius 3 is 2.47 bits per heavy atom. The molecule has 1 heterocycles. The average Bonchev–Trinajstić information content (AvgIpc) is 2.32. The van der Waals surface area contributed by atoms with Crippen LogP contribution < -0.4 is 0 Å². The van der Waals surface area contributed by atoms with Crippen LogP contribution in [-0.4, -0.2) is 25.9 Å². The molecule has 3 nitrogen and oxygen atoms in total. The van der Waals surface area contributed by atoms with Gasteiger partial charge in [0.1, 0.15) is 0 Å². The van der Waals surface area contributed by atoms with Crippen molar-refractivity contribution in [2.45, 2.75) is 51.0 Å². The van der Waals surface area contributed by atoms with Gasteiger partial charge in [-0.25, -0.2) is 0 Å². The van der Waals surface area contributed by atoms with Crippen molar-refractivity contribution in [1.29, 1.82) is 0 Å². The van der Waals surface area contributed by atoms with Gasteiger partial charge in [-0.3, -0.25) is 4.74 Å². The van der Waals surface area contributed by atoms with E-state index in [-0.39, 0.29) is 0 Å². The lowest BCUT2D eigenvalue weighted by molar-refractivity contribution is 0.142. The van der Waals surface area contributed by atoms with E-state index in [1.54, 1.807) is 7.11 Å². The molecule has 4 heteroatoms. The van der Waals surface area contributed by atoms with Gasteiger partial charge in [-0.2, -0.15) is 0 Å². The summed E-state index contributed by atoms with van der Waals surface area (Å²) in [5, 5.41) is 0. The molecule has 0 aromatic carbocycles. The van der Waals surface area contributed by atoms with Crippen LogP contribution in [0.4, 0.5) is 0 Å². The summed E-state index contributed by atoms with van der Waals surface area (Å²) < 4.78 is 16.4. The Balaban J connectivity index is 1.97. The highest BCUT2D eigenvalue weighted by molar-refractivity contribution is 7.56. The smallest absolute Gasteiger partial charge is 0.212 e. The summed E-state index contributed by atoms with van der Waals surface area (Å²) in [6.07, 6.45) is 10.3. The first-order valence-corrected chi connectivity index (χ1v) is 7.92. The second-order valence-electron chi connectivity index (χ2n) is 4.48. The van der Waals surface area contributed by atoms with Gasteiger partial charge in [-0.05, 0) is 25.7 Å². The third kappa shape index (κ3) is 3.05. The maximum atomic E-state index is 6.19. The van der Waals surface area contributed by atoms with E-state index in [2.05, 4.69) is 4.74 Å². The van der Waals surface area contributed by atoms with Crippen LogP contribution in [0.1, 0.15) is 44.9 Å². The van der Waals surface area contributed by atoms with Gasteiger partial charge < -0.3 is 9.05 Å². The number of hydrogen-bond acceptors (Lipinski definition) is 3. The predicted octanol–water partition coefficient (Wildman–Crippen LogP) is 3.81. The number of hydrogen-bond donors (Lipinski definition) is 0. The van der Waals surface area contributed by atoms with Crippen molar-refractivity contribution in [3.63, 3.8) is 0 Å². The molecule has 1 fully saturated rings. The molecule has 1 unspecified atom stereocenters. The van der Waals surface area contributed by atoms with Gasteiger partial charge in [0.15, 0.2) is 0 Å². The molecule has 0 saturated heterocycles. The van der Waals surface area contributed by atoms with E-state index in [0.29, 0.717) is 6.10 Å². The van der Waals surface area contributed by atoms with Crippen LogP contribution in [-0.2, 0) is 9.05 Å². The molecule has 2 rings (SSSR count). The first kappa shape index (κ1) is 11.6. The largest absolute Gasteiger partial charge is 0.327 e. The van der Waals surface area contributed by atoms with E-state index in [1.807, 2.05) is 0 Å². The lowest BCUT2D eigenvalue weighted by atomic mass is 9.98. The van der Waals surface area contributed by atoms with Crippen molar-refractivity contribution in [2.24, 2.45) is 4.74 Å². The van der Waals surface area contributed by atoms with E-state index < -0.39 is 7.51 Å². The zero-order valence-electron chi connectivity index (χ0n) is 9.65. The Morgan fingerprint density at radius 2 is 1.87 bits per heavy atom. The number of nitrogens with zero attached hydrogens (tertiary/aromatic N) is 1. The molecule has 0 N–H and O–H groups in total. The van der Waals surface area contributed by atoms with Crippen molar-refractivity contribution in [2.75, 3.05) is 19.8 Å². The number of rotatable bonds is 3. The molecular formula is C11H22NO2P. The summed E-state index contributed by atoms with van der Waals surface area (Å²) in [6.45, 7) is 0.939. The summed E-state index contributed by atoms with van der Waals surface area (Å²) in [5.74, 6) is 0. The van der Waals surface area contributed by atoms with E-state index in [9.17, 15) is 0 Å². The first-order chi connectivity index (χ1) is 7.35. The molecule has 15 heavy (non-hydrogen) atoms. The van der Waals surface area contributed by atoms with Gasteiger partial charge >= 0.3 is 0 Å². The summed E-state index contributed by atoms with van der Waals surface area (Å²) in [6, 6.07) is 0. The molecule has 88 valence electrons. The van der Waals surface area contributed by atoms with Crippen LogP contribution in [0.25, 0.3) is 0 Å². The van der Waals surface area contributed by atoms with Gasteiger partial charge in [0.25, 0.3) is 0 Å². The Bertz CT molecular complexity index is 249. The average molecular weight is 231 g/mol. The second-order valence-corrected chi connectivity index (χ2v) is 7.06. The Morgan fingerprint density at radius 1 is 1.07 bits per heavy atom. The molecule has 0 spiro atoms. The highest BCUT2D eigenvalue weighted by Crippen LogP contribution is 2.55. The molecule has 1 aliphatic heterocycles. The van der Waals surface area contributed by atoms with E-state index in [4.69, 9.17) is 9.05 Å². The maximum absolute atomic E-state index is 6.19. The predicted molar refractivity (Wildman–Crippen MR) is 63.3 cm³/mol. The lowest BCUT2D eigenvalue weighted by Gasteiger charge is -2.31. The molecule has 0 amide bonds. The highest BCUT2D eigenvalue weighted by Gasteiger charge is 2.27. The first-order valence-electron chi connectivity index (χ1n) is 6.16. The summed E-state index contributed by atoms with van der Waals surface area (Å²) in [4.78, 5) is 0. The van der Waals surface area contributed by atoms with Crippen LogP contribution in [0.2, 0.25) is 0 Å². The fourth-order valence-corrected chi connectivity index (χ4v) is 4.84. The van der Waals surface area contributed by atoms with Gasteiger partial charge in [-0.15, -0.1) is 0 Å². The van der Waals surface area contributed by atoms with Crippen molar-refractivity contribution < 1.29 is 9.05 Å². The molecule has 0 bridgehead atoms.